The maximum Gasteiger partial charge on any atom is 0.267 e. The maximum absolute atomic E-state index is 13.0. The minimum absolute atomic E-state index is 0.143. The van der Waals surface area contributed by atoms with Crippen LogP contribution in [0.25, 0.3) is 0 Å². The monoisotopic (exact) mass is 341 g/mol. The Bertz CT molecular complexity index is 796. The number of carbonyl (C=O) groups excluding carboxylic acids is 1. The van der Waals surface area contributed by atoms with Crippen molar-refractivity contribution in [2.75, 3.05) is 6.61 Å². The van der Waals surface area contributed by atoms with Crippen molar-refractivity contribution < 1.29 is 23.1 Å². The van der Waals surface area contributed by atoms with E-state index in [1.54, 1.807) is 17.0 Å². The molecule has 0 saturated heterocycles. The molecule has 0 bridgehead atoms. The van der Waals surface area contributed by atoms with Gasteiger partial charge in [0.1, 0.15) is 19.1 Å². The fourth-order valence-corrected chi connectivity index (χ4v) is 2.58. The van der Waals surface area contributed by atoms with E-state index in [0.29, 0.717) is 22.9 Å². The van der Waals surface area contributed by atoms with E-state index in [-0.39, 0.29) is 25.6 Å². The van der Waals surface area contributed by atoms with Gasteiger partial charge in [0.25, 0.3) is 5.91 Å². The molecule has 1 aliphatic rings. The number of oxazole rings is 2. The topological polar surface area (TPSA) is 90.8 Å². The molecule has 0 saturated carbocycles. The Balaban J connectivity index is 1.53. The van der Waals surface area contributed by atoms with Crippen molar-refractivity contribution in [2.45, 2.75) is 19.2 Å². The van der Waals surface area contributed by atoms with Gasteiger partial charge in [-0.15, -0.1) is 0 Å². The maximum atomic E-state index is 13.0. The summed E-state index contributed by atoms with van der Waals surface area (Å²) in [5.41, 5.74) is 1.27. The minimum Gasteiger partial charge on any atom is -0.485 e. The lowest BCUT2D eigenvalue weighted by Gasteiger charge is -2.30. The average Bonchev–Trinajstić information content (AvgIpc) is 3.34. The first-order valence-electron chi connectivity index (χ1n) is 7.71. The molecular formula is C17H15N3O5. The molecule has 4 rings (SSSR count). The van der Waals surface area contributed by atoms with Gasteiger partial charge in [-0.1, -0.05) is 12.1 Å². The van der Waals surface area contributed by atoms with Crippen LogP contribution >= 0.6 is 0 Å². The van der Waals surface area contributed by atoms with Crippen LogP contribution in [-0.2, 0) is 17.9 Å². The Labute approximate surface area is 143 Å². The molecule has 1 atom stereocenters. The number of fused-ring (bicyclic) bond motifs is 1. The summed E-state index contributed by atoms with van der Waals surface area (Å²) in [5.74, 6) is 0.960. The quantitative estimate of drug-likeness (QED) is 0.701. The van der Waals surface area contributed by atoms with Gasteiger partial charge in [-0.3, -0.25) is 4.79 Å². The van der Waals surface area contributed by atoms with E-state index in [1.807, 2.05) is 12.1 Å². The second kappa shape index (κ2) is 6.68. The van der Waals surface area contributed by atoms with Crippen LogP contribution in [0.2, 0.25) is 0 Å². The molecule has 0 spiro atoms. The van der Waals surface area contributed by atoms with Crippen molar-refractivity contribution in [1.29, 1.82) is 0 Å². The molecule has 0 unspecified atom stereocenters. The van der Waals surface area contributed by atoms with Gasteiger partial charge in [-0.05, 0) is 12.1 Å². The molecule has 3 heterocycles. The van der Waals surface area contributed by atoms with Crippen LogP contribution in [0, 0.1) is 0 Å². The lowest BCUT2D eigenvalue weighted by Crippen LogP contribution is -2.45. The number of carbonyl (C=O) groups is 1. The van der Waals surface area contributed by atoms with Gasteiger partial charge in [-0.25, -0.2) is 9.97 Å². The highest BCUT2D eigenvalue weighted by Crippen LogP contribution is 2.31. The number of rotatable bonds is 5. The molecule has 0 N–H and O–H groups in total. The molecule has 0 radical (unpaired) electrons. The highest BCUT2D eigenvalue weighted by Gasteiger charge is 2.31. The van der Waals surface area contributed by atoms with E-state index < -0.39 is 6.10 Å². The van der Waals surface area contributed by atoms with Crippen molar-refractivity contribution in [3.63, 3.8) is 0 Å². The standard InChI is InChI=1S/C17H15N3O5/c21-17(16-9-24-14-3-1-2-4-15(14)25-16)20(5-12-7-22-10-18-12)6-13-8-23-11-19-13/h1-4,7-8,10-11,16H,5-6,9H2/t16-/m1/s1. The number of amides is 1. The molecule has 1 aromatic carbocycles. The van der Waals surface area contributed by atoms with Crippen molar-refractivity contribution >= 4 is 5.91 Å². The molecule has 8 nitrogen and oxygen atoms in total. The summed E-state index contributed by atoms with van der Waals surface area (Å²) in [7, 11) is 0. The van der Waals surface area contributed by atoms with E-state index in [4.69, 9.17) is 18.3 Å². The smallest absolute Gasteiger partial charge is 0.267 e. The SMILES string of the molecule is O=C([C@H]1COc2ccccc2O1)N(Cc1cocn1)Cc1cocn1. The fraction of sp³-hybridized carbons (Fsp3) is 0.235. The first-order valence-corrected chi connectivity index (χ1v) is 7.71. The average molecular weight is 341 g/mol. The van der Waals surface area contributed by atoms with E-state index in [1.165, 1.54) is 25.3 Å². The Morgan fingerprint density at radius 1 is 1.04 bits per heavy atom. The molecule has 2 aromatic heterocycles. The molecule has 8 heteroatoms. The number of para-hydroxylation sites is 2. The molecule has 128 valence electrons. The van der Waals surface area contributed by atoms with Gasteiger partial charge >= 0.3 is 0 Å². The Hall–Kier alpha value is -3.29. The highest BCUT2D eigenvalue weighted by molar-refractivity contribution is 5.81. The van der Waals surface area contributed by atoms with E-state index in [2.05, 4.69) is 9.97 Å². The number of benzene rings is 1. The van der Waals surface area contributed by atoms with Crippen molar-refractivity contribution in [3.05, 3.63) is 61.0 Å². The Kier molecular flexibility index (Phi) is 4.07. The van der Waals surface area contributed by atoms with Gasteiger partial charge in [0.2, 0.25) is 6.10 Å². The summed E-state index contributed by atoms with van der Waals surface area (Å²) in [6.07, 6.45) is 4.90. The zero-order valence-corrected chi connectivity index (χ0v) is 13.2. The summed E-state index contributed by atoms with van der Waals surface area (Å²) in [6, 6.07) is 7.26. The highest BCUT2D eigenvalue weighted by atomic mass is 16.6. The zero-order chi connectivity index (χ0) is 17.1. The normalized spacial score (nSPS) is 15.8. The van der Waals surface area contributed by atoms with Gasteiger partial charge in [0.15, 0.2) is 24.3 Å². The molecule has 1 aliphatic heterocycles. The lowest BCUT2D eigenvalue weighted by atomic mass is 10.2. The summed E-state index contributed by atoms with van der Waals surface area (Å²) in [6.45, 7) is 0.678. The van der Waals surface area contributed by atoms with E-state index >= 15 is 0 Å². The summed E-state index contributed by atoms with van der Waals surface area (Å²) >= 11 is 0. The lowest BCUT2D eigenvalue weighted by molar-refractivity contribution is -0.142. The second-order valence-electron chi connectivity index (χ2n) is 5.52. The Morgan fingerprint density at radius 2 is 1.68 bits per heavy atom. The minimum atomic E-state index is -0.742. The van der Waals surface area contributed by atoms with Crippen molar-refractivity contribution in [3.8, 4) is 11.5 Å². The number of ether oxygens (including phenoxy) is 2. The molecule has 25 heavy (non-hydrogen) atoms. The van der Waals surface area contributed by atoms with Crippen LogP contribution < -0.4 is 9.47 Å². The predicted molar refractivity (Wildman–Crippen MR) is 83.6 cm³/mol. The van der Waals surface area contributed by atoms with Gasteiger partial charge < -0.3 is 23.2 Å². The van der Waals surface area contributed by atoms with Crippen LogP contribution in [0.5, 0.6) is 11.5 Å². The largest absolute Gasteiger partial charge is 0.485 e. The summed E-state index contributed by atoms with van der Waals surface area (Å²) in [5, 5.41) is 0. The van der Waals surface area contributed by atoms with Crippen molar-refractivity contribution in [2.24, 2.45) is 0 Å². The number of hydrogen-bond donors (Lipinski definition) is 0. The first kappa shape index (κ1) is 15.3. The van der Waals surface area contributed by atoms with Crippen molar-refractivity contribution in [1.82, 2.24) is 14.9 Å². The van der Waals surface area contributed by atoms with Crippen LogP contribution in [-0.4, -0.2) is 33.5 Å². The first-order chi connectivity index (χ1) is 12.3. The van der Waals surface area contributed by atoms with E-state index in [0.717, 1.165) is 0 Å². The third-order valence-corrected chi connectivity index (χ3v) is 3.77. The van der Waals surface area contributed by atoms with Gasteiger partial charge in [0, 0.05) is 0 Å². The molecular weight excluding hydrogens is 326 g/mol. The van der Waals surface area contributed by atoms with Crippen LogP contribution in [0.1, 0.15) is 11.4 Å². The van der Waals surface area contributed by atoms with E-state index in [9.17, 15) is 4.79 Å². The molecule has 0 aliphatic carbocycles. The number of nitrogens with zero attached hydrogens (tertiary/aromatic N) is 3. The second-order valence-corrected chi connectivity index (χ2v) is 5.52. The molecule has 1 amide bonds. The van der Waals surface area contributed by atoms with Gasteiger partial charge in [-0.2, -0.15) is 0 Å². The Morgan fingerprint density at radius 3 is 2.28 bits per heavy atom. The fourth-order valence-electron chi connectivity index (χ4n) is 2.58. The third kappa shape index (κ3) is 3.32. The number of hydrogen-bond acceptors (Lipinski definition) is 7. The summed E-state index contributed by atoms with van der Waals surface area (Å²) < 4.78 is 21.4. The van der Waals surface area contributed by atoms with Crippen LogP contribution in [0.4, 0.5) is 0 Å². The predicted octanol–water partition coefficient (Wildman–Crippen LogP) is 2.03. The zero-order valence-electron chi connectivity index (χ0n) is 13.2. The summed E-state index contributed by atoms with van der Waals surface area (Å²) in [4.78, 5) is 22.7. The van der Waals surface area contributed by atoms with Crippen LogP contribution in [0.15, 0.2) is 58.4 Å². The molecule has 0 fully saturated rings. The third-order valence-electron chi connectivity index (χ3n) is 3.77. The molecule has 3 aromatic rings. The number of aromatic nitrogens is 2. The van der Waals surface area contributed by atoms with Crippen LogP contribution in [0.3, 0.4) is 0 Å². The van der Waals surface area contributed by atoms with Gasteiger partial charge in [0.05, 0.1) is 24.5 Å².